The maximum Gasteiger partial charge on any atom is 0.257 e. The Labute approximate surface area is 121 Å². The van der Waals surface area contributed by atoms with E-state index in [1.807, 2.05) is 6.92 Å². The minimum atomic E-state index is -0.145. The van der Waals surface area contributed by atoms with E-state index < -0.39 is 0 Å². The third-order valence-corrected chi connectivity index (χ3v) is 4.02. The van der Waals surface area contributed by atoms with Gasteiger partial charge in [-0.15, -0.1) is 11.3 Å². The Balaban J connectivity index is 1.68. The van der Waals surface area contributed by atoms with Crippen LogP contribution >= 0.6 is 11.3 Å². The fourth-order valence-corrected chi connectivity index (χ4v) is 2.99. The van der Waals surface area contributed by atoms with Crippen molar-refractivity contribution in [2.24, 2.45) is 0 Å². The number of aromatic nitrogens is 1. The number of rotatable bonds is 4. The molecule has 5 nitrogen and oxygen atoms in total. The lowest BCUT2D eigenvalue weighted by molar-refractivity contribution is 0.102. The van der Waals surface area contributed by atoms with Crippen LogP contribution in [0.3, 0.4) is 0 Å². The number of carbonyl (C=O) groups is 1. The summed E-state index contributed by atoms with van der Waals surface area (Å²) in [6.45, 7) is 4.16. The molecule has 2 heterocycles. The third kappa shape index (κ3) is 2.66. The van der Waals surface area contributed by atoms with Crippen molar-refractivity contribution in [3.63, 3.8) is 0 Å². The van der Waals surface area contributed by atoms with Gasteiger partial charge in [-0.25, -0.2) is 4.98 Å². The Morgan fingerprint density at radius 2 is 2.20 bits per heavy atom. The SMILES string of the molecule is CCOc1ccc(C(=O)Nc2nc3c(s2)CNC3)cc1. The lowest BCUT2D eigenvalue weighted by Gasteiger charge is -2.05. The van der Waals surface area contributed by atoms with Crippen molar-refractivity contribution in [3.05, 3.63) is 40.4 Å². The number of amides is 1. The summed E-state index contributed by atoms with van der Waals surface area (Å²) in [6, 6.07) is 7.10. The second-order valence-electron chi connectivity index (χ2n) is 4.40. The second kappa shape index (κ2) is 5.60. The number of thiazole rings is 1. The van der Waals surface area contributed by atoms with Gasteiger partial charge in [0.15, 0.2) is 5.13 Å². The summed E-state index contributed by atoms with van der Waals surface area (Å²) in [5, 5.41) is 6.72. The molecular formula is C14H15N3O2S. The molecule has 104 valence electrons. The van der Waals surface area contributed by atoms with Crippen molar-refractivity contribution in [2.75, 3.05) is 11.9 Å². The standard InChI is InChI=1S/C14H15N3O2S/c1-2-19-10-5-3-9(4-6-10)13(18)17-14-16-11-7-15-8-12(11)20-14/h3-6,15H,2,7-8H2,1H3,(H,16,17,18). The maximum atomic E-state index is 12.1. The van der Waals surface area contributed by atoms with Gasteiger partial charge in [-0.1, -0.05) is 0 Å². The molecule has 0 unspecified atom stereocenters. The van der Waals surface area contributed by atoms with Crippen LogP contribution in [0.2, 0.25) is 0 Å². The summed E-state index contributed by atoms with van der Waals surface area (Å²) in [5.41, 5.74) is 1.64. The predicted octanol–water partition coefficient (Wildman–Crippen LogP) is 2.40. The molecule has 20 heavy (non-hydrogen) atoms. The number of nitrogens with one attached hydrogen (secondary N) is 2. The molecule has 6 heteroatoms. The Kier molecular flexibility index (Phi) is 3.66. The van der Waals surface area contributed by atoms with E-state index in [9.17, 15) is 4.79 Å². The van der Waals surface area contributed by atoms with E-state index in [-0.39, 0.29) is 5.91 Å². The largest absolute Gasteiger partial charge is 0.494 e. The monoisotopic (exact) mass is 289 g/mol. The van der Waals surface area contributed by atoms with Gasteiger partial charge in [0.25, 0.3) is 5.91 Å². The van der Waals surface area contributed by atoms with E-state index >= 15 is 0 Å². The number of nitrogens with zero attached hydrogens (tertiary/aromatic N) is 1. The molecule has 3 rings (SSSR count). The molecule has 1 amide bonds. The molecule has 1 aromatic carbocycles. The number of hydrogen-bond donors (Lipinski definition) is 2. The van der Waals surface area contributed by atoms with E-state index in [0.29, 0.717) is 17.3 Å². The summed E-state index contributed by atoms with van der Waals surface area (Å²) in [7, 11) is 0. The molecule has 1 aliphatic rings. The molecule has 0 fully saturated rings. The predicted molar refractivity (Wildman–Crippen MR) is 78.2 cm³/mol. The molecule has 2 N–H and O–H groups in total. The normalized spacial score (nSPS) is 13.1. The Morgan fingerprint density at radius 3 is 2.90 bits per heavy atom. The van der Waals surface area contributed by atoms with Crippen molar-refractivity contribution in [1.29, 1.82) is 0 Å². The van der Waals surface area contributed by atoms with Gasteiger partial charge in [0.2, 0.25) is 0 Å². The Bertz CT molecular complexity index is 600. The summed E-state index contributed by atoms with van der Waals surface area (Å²) in [4.78, 5) is 17.7. The highest BCUT2D eigenvalue weighted by Crippen LogP contribution is 2.26. The highest BCUT2D eigenvalue weighted by atomic mass is 32.1. The molecule has 1 aliphatic heterocycles. The van der Waals surface area contributed by atoms with Crippen LogP contribution in [0, 0.1) is 0 Å². The highest BCUT2D eigenvalue weighted by molar-refractivity contribution is 7.15. The fraction of sp³-hybridized carbons (Fsp3) is 0.286. The van der Waals surface area contributed by atoms with Gasteiger partial charge < -0.3 is 10.1 Å². The van der Waals surface area contributed by atoms with Crippen molar-refractivity contribution in [2.45, 2.75) is 20.0 Å². The van der Waals surface area contributed by atoms with Crippen LogP contribution in [-0.4, -0.2) is 17.5 Å². The molecule has 0 radical (unpaired) electrons. The molecule has 0 spiro atoms. The number of carbonyl (C=O) groups excluding carboxylic acids is 1. The van der Waals surface area contributed by atoms with Crippen LogP contribution in [0.15, 0.2) is 24.3 Å². The molecule has 0 aliphatic carbocycles. The number of fused-ring (bicyclic) bond motifs is 1. The van der Waals surface area contributed by atoms with E-state index in [4.69, 9.17) is 4.74 Å². The minimum absolute atomic E-state index is 0.145. The maximum absolute atomic E-state index is 12.1. The van der Waals surface area contributed by atoms with Gasteiger partial charge in [0, 0.05) is 23.5 Å². The lowest BCUT2D eigenvalue weighted by Crippen LogP contribution is -2.12. The quantitative estimate of drug-likeness (QED) is 0.907. The first-order valence-electron chi connectivity index (χ1n) is 6.50. The van der Waals surface area contributed by atoms with Gasteiger partial charge in [-0.05, 0) is 31.2 Å². The van der Waals surface area contributed by atoms with Gasteiger partial charge >= 0.3 is 0 Å². The number of anilines is 1. The van der Waals surface area contributed by atoms with Gasteiger partial charge in [-0.3, -0.25) is 10.1 Å². The van der Waals surface area contributed by atoms with Gasteiger partial charge in [-0.2, -0.15) is 0 Å². The van der Waals surface area contributed by atoms with Crippen LogP contribution in [-0.2, 0) is 13.1 Å². The zero-order valence-corrected chi connectivity index (χ0v) is 11.9. The summed E-state index contributed by atoms with van der Waals surface area (Å²) < 4.78 is 5.35. The van der Waals surface area contributed by atoms with Gasteiger partial charge in [0.05, 0.1) is 12.3 Å². The van der Waals surface area contributed by atoms with Crippen LogP contribution in [0.4, 0.5) is 5.13 Å². The summed E-state index contributed by atoms with van der Waals surface area (Å²) in [5.74, 6) is 0.622. The topological polar surface area (TPSA) is 63.2 Å². The van der Waals surface area contributed by atoms with E-state index in [2.05, 4.69) is 15.6 Å². The van der Waals surface area contributed by atoms with Crippen LogP contribution in [0.25, 0.3) is 0 Å². The Morgan fingerprint density at radius 1 is 1.40 bits per heavy atom. The minimum Gasteiger partial charge on any atom is -0.494 e. The van der Waals surface area contributed by atoms with E-state index in [1.165, 1.54) is 16.2 Å². The number of benzene rings is 1. The van der Waals surface area contributed by atoms with Crippen molar-refractivity contribution >= 4 is 22.4 Å². The highest BCUT2D eigenvalue weighted by Gasteiger charge is 2.17. The molecule has 0 saturated carbocycles. The molecule has 0 atom stereocenters. The number of hydrogen-bond acceptors (Lipinski definition) is 5. The van der Waals surface area contributed by atoms with E-state index in [0.717, 1.165) is 24.5 Å². The lowest BCUT2D eigenvalue weighted by atomic mass is 10.2. The van der Waals surface area contributed by atoms with Crippen molar-refractivity contribution in [1.82, 2.24) is 10.3 Å². The van der Waals surface area contributed by atoms with Crippen molar-refractivity contribution < 1.29 is 9.53 Å². The molecule has 1 aromatic heterocycles. The molecule has 2 aromatic rings. The molecular weight excluding hydrogens is 274 g/mol. The smallest absolute Gasteiger partial charge is 0.257 e. The number of ether oxygens (including phenoxy) is 1. The van der Waals surface area contributed by atoms with Crippen molar-refractivity contribution in [3.8, 4) is 5.75 Å². The average molecular weight is 289 g/mol. The second-order valence-corrected chi connectivity index (χ2v) is 5.49. The first-order valence-corrected chi connectivity index (χ1v) is 7.31. The van der Waals surface area contributed by atoms with Crippen LogP contribution < -0.4 is 15.4 Å². The zero-order chi connectivity index (χ0) is 13.9. The van der Waals surface area contributed by atoms with Gasteiger partial charge in [0.1, 0.15) is 5.75 Å². The van der Waals surface area contributed by atoms with E-state index in [1.54, 1.807) is 24.3 Å². The van der Waals surface area contributed by atoms with Crippen LogP contribution in [0.5, 0.6) is 5.75 Å². The summed E-state index contributed by atoms with van der Waals surface area (Å²) in [6.07, 6.45) is 0. The average Bonchev–Trinajstić information content (AvgIpc) is 3.01. The third-order valence-electron chi connectivity index (χ3n) is 3.00. The zero-order valence-electron chi connectivity index (χ0n) is 11.1. The molecule has 0 bridgehead atoms. The fourth-order valence-electron chi connectivity index (χ4n) is 2.05. The first-order chi connectivity index (χ1) is 9.76. The summed E-state index contributed by atoms with van der Waals surface area (Å²) >= 11 is 1.53. The molecule has 0 saturated heterocycles. The van der Waals surface area contributed by atoms with Crippen LogP contribution in [0.1, 0.15) is 27.9 Å². The first kappa shape index (κ1) is 13.1. The Hall–Kier alpha value is -1.92.